The second-order valence-corrected chi connectivity index (χ2v) is 4.99. The van der Waals surface area contributed by atoms with Gasteiger partial charge in [-0.15, -0.1) is 0 Å². The first-order valence-corrected chi connectivity index (χ1v) is 7.37. The highest BCUT2D eigenvalue weighted by Crippen LogP contribution is 2.17. The summed E-state index contributed by atoms with van der Waals surface area (Å²) in [4.78, 5) is 14.5. The van der Waals surface area contributed by atoms with Gasteiger partial charge in [0, 0.05) is 30.0 Å². The minimum Gasteiger partial charge on any atom is -0.372 e. The summed E-state index contributed by atoms with van der Waals surface area (Å²) in [6.07, 6.45) is 0. The van der Waals surface area contributed by atoms with E-state index in [4.69, 9.17) is 0 Å². The molecule has 0 saturated heterocycles. The molecule has 0 saturated carbocycles. The Labute approximate surface area is 126 Å². The summed E-state index contributed by atoms with van der Waals surface area (Å²) in [5.41, 5.74) is 3.74. The molecular formula is C18H22N2O. The zero-order chi connectivity index (χ0) is 15.2. The van der Waals surface area contributed by atoms with Gasteiger partial charge in [-0.3, -0.25) is 4.79 Å². The van der Waals surface area contributed by atoms with Crippen LogP contribution in [0.1, 0.15) is 29.8 Å². The van der Waals surface area contributed by atoms with Gasteiger partial charge in [0.05, 0.1) is 0 Å². The fourth-order valence-electron chi connectivity index (χ4n) is 2.32. The highest BCUT2D eigenvalue weighted by atomic mass is 16.1. The lowest BCUT2D eigenvalue weighted by Crippen LogP contribution is -2.21. The van der Waals surface area contributed by atoms with Crippen molar-refractivity contribution in [3.05, 3.63) is 59.7 Å². The van der Waals surface area contributed by atoms with Gasteiger partial charge in [0.1, 0.15) is 0 Å². The Morgan fingerprint density at radius 3 is 2.19 bits per heavy atom. The maximum atomic E-state index is 12.3. The quantitative estimate of drug-likeness (QED) is 0.895. The lowest BCUT2D eigenvalue weighted by molar-refractivity contribution is 0.102. The van der Waals surface area contributed by atoms with Crippen molar-refractivity contribution in [3.8, 4) is 0 Å². The minimum absolute atomic E-state index is 0.0737. The summed E-state index contributed by atoms with van der Waals surface area (Å²) in [5.74, 6) is -0.0737. The van der Waals surface area contributed by atoms with E-state index in [1.54, 1.807) is 0 Å². The van der Waals surface area contributed by atoms with Crippen LogP contribution in [0.2, 0.25) is 0 Å². The van der Waals surface area contributed by atoms with Crippen LogP contribution in [0, 0.1) is 6.92 Å². The van der Waals surface area contributed by atoms with Gasteiger partial charge in [-0.2, -0.15) is 0 Å². The maximum Gasteiger partial charge on any atom is 0.255 e. The van der Waals surface area contributed by atoms with Gasteiger partial charge < -0.3 is 10.2 Å². The van der Waals surface area contributed by atoms with Crippen molar-refractivity contribution in [3.63, 3.8) is 0 Å². The second-order valence-electron chi connectivity index (χ2n) is 4.99. The van der Waals surface area contributed by atoms with Crippen LogP contribution in [-0.4, -0.2) is 19.0 Å². The minimum atomic E-state index is -0.0737. The number of para-hydroxylation sites is 1. The van der Waals surface area contributed by atoms with E-state index in [0.29, 0.717) is 5.56 Å². The zero-order valence-corrected chi connectivity index (χ0v) is 12.9. The monoisotopic (exact) mass is 282 g/mol. The van der Waals surface area contributed by atoms with Crippen molar-refractivity contribution in [2.75, 3.05) is 23.3 Å². The number of aryl methyl sites for hydroxylation is 1. The molecule has 0 fully saturated rings. The fourth-order valence-corrected chi connectivity index (χ4v) is 2.32. The van der Waals surface area contributed by atoms with Crippen molar-refractivity contribution in [2.24, 2.45) is 0 Å². The van der Waals surface area contributed by atoms with Crippen LogP contribution in [0.5, 0.6) is 0 Å². The molecule has 0 bridgehead atoms. The van der Waals surface area contributed by atoms with E-state index < -0.39 is 0 Å². The van der Waals surface area contributed by atoms with Gasteiger partial charge in [0.2, 0.25) is 0 Å². The van der Waals surface area contributed by atoms with E-state index in [0.717, 1.165) is 30.0 Å². The third-order valence-corrected chi connectivity index (χ3v) is 3.65. The Bertz CT molecular complexity index is 601. The Morgan fingerprint density at radius 1 is 1.00 bits per heavy atom. The maximum absolute atomic E-state index is 12.3. The molecule has 0 heterocycles. The van der Waals surface area contributed by atoms with Crippen molar-refractivity contribution in [1.29, 1.82) is 0 Å². The molecule has 0 aliphatic carbocycles. The normalized spacial score (nSPS) is 10.2. The number of benzene rings is 2. The van der Waals surface area contributed by atoms with Crippen LogP contribution < -0.4 is 10.2 Å². The van der Waals surface area contributed by atoms with Gasteiger partial charge in [-0.1, -0.05) is 18.2 Å². The van der Waals surface area contributed by atoms with Crippen molar-refractivity contribution in [2.45, 2.75) is 20.8 Å². The lowest BCUT2D eigenvalue weighted by atomic mass is 10.1. The Kier molecular flexibility index (Phi) is 4.99. The zero-order valence-electron chi connectivity index (χ0n) is 12.9. The van der Waals surface area contributed by atoms with E-state index in [9.17, 15) is 4.79 Å². The SMILES string of the molecule is CCN(CC)c1ccc(C(=O)Nc2ccccc2C)cc1. The van der Waals surface area contributed by atoms with Crippen LogP contribution in [0.3, 0.4) is 0 Å². The third-order valence-electron chi connectivity index (χ3n) is 3.65. The van der Waals surface area contributed by atoms with E-state index in [2.05, 4.69) is 24.1 Å². The highest BCUT2D eigenvalue weighted by molar-refractivity contribution is 6.04. The fraction of sp³-hybridized carbons (Fsp3) is 0.278. The van der Waals surface area contributed by atoms with Crippen molar-refractivity contribution < 1.29 is 4.79 Å². The number of carbonyl (C=O) groups excluding carboxylic acids is 1. The molecule has 0 spiro atoms. The van der Waals surface area contributed by atoms with E-state index in [1.165, 1.54) is 0 Å². The van der Waals surface area contributed by atoms with Gasteiger partial charge >= 0.3 is 0 Å². The second kappa shape index (κ2) is 6.93. The summed E-state index contributed by atoms with van der Waals surface area (Å²) < 4.78 is 0. The first kappa shape index (κ1) is 15.1. The first-order valence-electron chi connectivity index (χ1n) is 7.37. The van der Waals surface area contributed by atoms with Gasteiger partial charge in [-0.05, 0) is 56.7 Å². The molecule has 110 valence electrons. The van der Waals surface area contributed by atoms with Crippen molar-refractivity contribution >= 4 is 17.3 Å². The van der Waals surface area contributed by atoms with Crippen LogP contribution in [0.15, 0.2) is 48.5 Å². The molecule has 2 aromatic carbocycles. The summed E-state index contributed by atoms with van der Waals surface area (Å²) in [6, 6.07) is 15.5. The Hall–Kier alpha value is -2.29. The summed E-state index contributed by atoms with van der Waals surface area (Å²) in [5, 5.41) is 2.95. The highest BCUT2D eigenvalue weighted by Gasteiger charge is 2.08. The molecule has 1 N–H and O–H groups in total. The van der Waals surface area contributed by atoms with E-state index in [-0.39, 0.29) is 5.91 Å². The van der Waals surface area contributed by atoms with Crippen LogP contribution in [-0.2, 0) is 0 Å². The predicted molar refractivity (Wildman–Crippen MR) is 89.1 cm³/mol. The molecule has 2 rings (SSSR count). The Morgan fingerprint density at radius 2 is 1.62 bits per heavy atom. The predicted octanol–water partition coefficient (Wildman–Crippen LogP) is 4.09. The molecule has 2 aromatic rings. The number of rotatable bonds is 5. The number of nitrogens with one attached hydrogen (secondary N) is 1. The summed E-state index contributed by atoms with van der Waals surface area (Å²) >= 11 is 0. The van der Waals surface area contributed by atoms with Crippen LogP contribution in [0.4, 0.5) is 11.4 Å². The van der Waals surface area contributed by atoms with Gasteiger partial charge in [0.25, 0.3) is 5.91 Å². The largest absolute Gasteiger partial charge is 0.372 e. The summed E-state index contributed by atoms with van der Waals surface area (Å²) in [6.45, 7) is 8.17. The molecule has 0 unspecified atom stereocenters. The molecule has 1 amide bonds. The molecule has 3 nitrogen and oxygen atoms in total. The molecule has 0 radical (unpaired) electrons. The summed E-state index contributed by atoms with van der Waals surface area (Å²) in [7, 11) is 0. The molecule has 3 heteroatoms. The molecular weight excluding hydrogens is 260 g/mol. The van der Waals surface area contributed by atoms with E-state index >= 15 is 0 Å². The molecule has 21 heavy (non-hydrogen) atoms. The lowest BCUT2D eigenvalue weighted by Gasteiger charge is -2.21. The van der Waals surface area contributed by atoms with Gasteiger partial charge in [-0.25, -0.2) is 0 Å². The average Bonchev–Trinajstić information content (AvgIpc) is 2.51. The molecule has 0 aliphatic heterocycles. The van der Waals surface area contributed by atoms with Crippen LogP contribution >= 0.6 is 0 Å². The first-order chi connectivity index (χ1) is 10.2. The molecule has 0 aliphatic rings. The number of hydrogen-bond acceptors (Lipinski definition) is 2. The number of anilines is 2. The number of nitrogens with zero attached hydrogens (tertiary/aromatic N) is 1. The van der Waals surface area contributed by atoms with Gasteiger partial charge in [0.15, 0.2) is 0 Å². The van der Waals surface area contributed by atoms with Crippen LogP contribution in [0.25, 0.3) is 0 Å². The number of amides is 1. The van der Waals surface area contributed by atoms with Crippen molar-refractivity contribution in [1.82, 2.24) is 0 Å². The average molecular weight is 282 g/mol. The smallest absolute Gasteiger partial charge is 0.255 e. The number of carbonyl (C=O) groups is 1. The van der Waals surface area contributed by atoms with E-state index in [1.807, 2.05) is 55.5 Å². The molecule has 0 aromatic heterocycles. The molecule has 0 atom stereocenters. The third kappa shape index (κ3) is 3.63. The standard InChI is InChI=1S/C18H22N2O/c1-4-20(5-2)16-12-10-15(11-13-16)18(21)19-17-9-7-6-8-14(17)3/h6-13H,4-5H2,1-3H3,(H,19,21). The topological polar surface area (TPSA) is 32.3 Å². The number of hydrogen-bond donors (Lipinski definition) is 1. The Balaban J connectivity index is 2.12.